The van der Waals surface area contributed by atoms with Crippen molar-refractivity contribution in [1.82, 2.24) is 9.97 Å². The van der Waals surface area contributed by atoms with Gasteiger partial charge in [0.25, 0.3) is 5.56 Å². The van der Waals surface area contributed by atoms with E-state index in [-0.39, 0.29) is 5.56 Å². The molecule has 1 aromatic carbocycles. The molecular formula is C11H12N2O2. The number of hydrogen-bond acceptors (Lipinski definition) is 3. The Labute approximate surface area is 86.9 Å². The van der Waals surface area contributed by atoms with Crippen LogP contribution in [-0.4, -0.2) is 16.6 Å². The third-order valence-corrected chi connectivity index (χ3v) is 2.09. The standard InChI is InChI=1S/C11H12N2O2/c1-2-5-15-8-3-4-9-10(6-8)12-7-13-11(9)14/h3-4,6-7H,2,5H2,1H3,(H,12,13,14). The maximum atomic E-state index is 11.4. The van der Waals surface area contributed by atoms with Crippen molar-refractivity contribution < 1.29 is 4.74 Å². The molecule has 0 bridgehead atoms. The lowest BCUT2D eigenvalue weighted by Gasteiger charge is -2.04. The van der Waals surface area contributed by atoms with Crippen LogP contribution in [-0.2, 0) is 0 Å². The zero-order chi connectivity index (χ0) is 10.7. The third kappa shape index (κ3) is 1.98. The maximum Gasteiger partial charge on any atom is 0.258 e. The predicted molar refractivity (Wildman–Crippen MR) is 58.1 cm³/mol. The van der Waals surface area contributed by atoms with Crippen molar-refractivity contribution in [2.24, 2.45) is 0 Å². The maximum absolute atomic E-state index is 11.4. The Kier molecular flexibility index (Phi) is 2.67. The van der Waals surface area contributed by atoms with Crippen molar-refractivity contribution >= 4 is 10.9 Å². The zero-order valence-corrected chi connectivity index (χ0v) is 8.49. The van der Waals surface area contributed by atoms with Crippen molar-refractivity contribution in [2.75, 3.05) is 6.61 Å². The van der Waals surface area contributed by atoms with E-state index in [2.05, 4.69) is 9.97 Å². The van der Waals surface area contributed by atoms with Crippen LogP contribution in [0.2, 0.25) is 0 Å². The number of aromatic nitrogens is 2. The highest BCUT2D eigenvalue weighted by molar-refractivity contribution is 5.78. The van der Waals surface area contributed by atoms with Gasteiger partial charge in [0.1, 0.15) is 5.75 Å². The highest BCUT2D eigenvalue weighted by Gasteiger charge is 2.00. The SMILES string of the molecule is CCCOc1ccc2c(=O)[nH]cnc2c1. The Hall–Kier alpha value is -1.84. The average Bonchev–Trinajstić information content (AvgIpc) is 2.26. The summed E-state index contributed by atoms with van der Waals surface area (Å²) in [6.45, 7) is 2.72. The van der Waals surface area contributed by atoms with Crippen molar-refractivity contribution in [3.63, 3.8) is 0 Å². The molecule has 2 rings (SSSR count). The second-order valence-corrected chi connectivity index (χ2v) is 3.26. The van der Waals surface area contributed by atoms with Crippen LogP contribution in [0.4, 0.5) is 0 Å². The minimum absolute atomic E-state index is 0.123. The van der Waals surface area contributed by atoms with E-state index in [1.165, 1.54) is 6.33 Å². The Morgan fingerprint density at radius 2 is 2.33 bits per heavy atom. The Bertz CT molecular complexity index is 519. The minimum atomic E-state index is -0.123. The molecule has 4 nitrogen and oxygen atoms in total. The molecular weight excluding hydrogens is 192 g/mol. The molecule has 0 radical (unpaired) electrons. The topological polar surface area (TPSA) is 55.0 Å². The number of fused-ring (bicyclic) bond motifs is 1. The second kappa shape index (κ2) is 4.13. The van der Waals surface area contributed by atoms with E-state index in [4.69, 9.17) is 4.74 Å². The van der Waals surface area contributed by atoms with Gasteiger partial charge in [-0.05, 0) is 18.6 Å². The Balaban J connectivity index is 2.43. The number of H-pyrrole nitrogens is 1. The first-order valence-corrected chi connectivity index (χ1v) is 4.91. The molecule has 2 aromatic rings. The van der Waals surface area contributed by atoms with E-state index in [1.807, 2.05) is 6.92 Å². The first kappa shape index (κ1) is 9.71. The molecule has 78 valence electrons. The molecule has 0 amide bonds. The molecule has 0 aliphatic rings. The van der Waals surface area contributed by atoms with Crippen LogP contribution in [0, 0.1) is 0 Å². The number of nitrogens with one attached hydrogen (secondary N) is 1. The summed E-state index contributed by atoms with van der Waals surface area (Å²) in [6, 6.07) is 5.29. The highest BCUT2D eigenvalue weighted by Crippen LogP contribution is 2.16. The van der Waals surface area contributed by atoms with E-state index in [0.717, 1.165) is 12.2 Å². The predicted octanol–water partition coefficient (Wildman–Crippen LogP) is 1.71. The van der Waals surface area contributed by atoms with E-state index < -0.39 is 0 Å². The fourth-order valence-corrected chi connectivity index (χ4v) is 1.36. The molecule has 0 fully saturated rings. The molecule has 0 saturated heterocycles. The fraction of sp³-hybridized carbons (Fsp3) is 0.273. The van der Waals surface area contributed by atoms with E-state index in [1.54, 1.807) is 18.2 Å². The molecule has 0 saturated carbocycles. The van der Waals surface area contributed by atoms with Gasteiger partial charge in [0.15, 0.2) is 0 Å². The Morgan fingerprint density at radius 3 is 3.13 bits per heavy atom. The van der Waals surface area contributed by atoms with Gasteiger partial charge in [-0.2, -0.15) is 0 Å². The first-order chi connectivity index (χ1) is 7.31. The van der Waals surface area contributed by atoms with Crippen molar-refractivity contribution in [3.8, 4) is 5.75 Å². The molecule has 0 unspecified atom stereocenters. The van der Waals surface area contributed by atoms with Crippen LogP contribution < -0.4 is 10.3 Å². The molecule has 1 aromatic heterocycles. The van der Waals surface area contributed by atoms with Gasteiger partial charge >= 0.3 is 0 Å². The van der Waals surface area contributed by atoms with Crippen LogP contribution in [0.15, 0.2) is 29.3 Å². The largest absolute Gasteiger partial charge is 0.494 e. The van der Waals surface area contributed by atoms with E-state index >= 15 is 0 Å². The van der Waals surface area contributed by atoms with Crippen LogP contribution in [0.25, 0.3) is 10.9 Å². The van der Waals surface area contributed by atoms with Crippen molar-refractivity contribution in [2.45, 2.75) is 13.3 Å². The van der Waals surface area contributed by atoms with Gasteiger partial charge in [-0.3, -0.25) is 4.79 Å². The number of rotatable bonds is 3. The van der Waals surface area contributed by atoms with Crippen molar-refractivity contribution in [1.29, 1.82) is 0 Å². The summed E-state index contributed by atoms with van der Waals surface area (Å²) in [5, 5.41) is 0.585. The molecule has 0 spiro atoms. The van der Waals surface area contributed by atoms with Crippen LogP contribution in [0.1, 0.15) is 13.3 Å². The number of hydrogen-bond donors (Lipinski definition) is 1. The minimum Gasteiger partial charge on any atom is -0.494 e. The van der Waals surface area contributed by atoms with Gasteiger partial charge in [0, 0.05) is 6.07 Å². The van der Waals surface area contributed by atoms with Gasteiger partial charge in [-0.25, -0.2) is 4.98 Å². The summed E-state index contributed by atoms with van der Waals surface area (Å²) in [5.41, 5.74) is 0.536. The number of ether oxygens (including phenoxy) is 1. The fourth-order valence-electron chi connectivity index (χ4n) is 1.36. The van der Waals surface area contributed by atoms with Gasteiger partial charge in [-0.1, -0.05) is 6.92 Å². The van der Waals surface area contributed by atoms with Crippen LogP contribution in [0.3, 0.4) is 0 Å². The number of aromatic amines is 1. The summed E-state index contributed by atoms with van der Waals surface area (Å²) >= 11 is 0. The molecule has 0 aliphatic carbocycles. The smallest absolute Gasteiger partial charge is 0.258 e. The van der Waals surface area contributed by atoms with Gasteiger partial charge < -0.3 is 9.72 Å². The van der Waals surface area contributed by atoms with Gasteiger partial charge in [-0.15, -0.1) is 0 Å². The Morgan fingerprint density at radius 1 is 1.47 bits per heavy atom. The lowest BCUT2D eigenvalue weighted by Crippen LogP contribution is -2.06. The van der Waals surface area contributed by atoms with Gasteiger partial charge in [0.05, 0.1) is 23.8 Å². The molecule has 0 atom stereocenters. The molecule has 1 N–H and O–H groups in total. The number of nitrogens with zero attached hydrogens (tertiary/aromatic N) is 1. The van der Waals surface area contributed by atoms with E-state index in [9.17, 15) is 4.79 Å². The average molecular weight is 204 g/mol. The van der Waals surface area contributed by atoms with Crippen LogP contribution in [0.5, 0.6) is 5.75 Å². The quantitative estimate of drug-likeness (QED) is 0.828. The summed E-state index contributed by atoms with van der Waals surface area (Å²) < 4.78 is 5.45. The monoisotopic (exact) mass is 204 g/mol. The third-order valence-electron chi connectivity index (χ3n) is 2.09. The molecule has 1 heterocycles. The molecule has 0 aliphatic heterocycles. The highest BCUT2D eigenvalue weighted by atomic mass is 16.5. The normalized spacial score (nSPS) is 10.5. The summed E-state index contributed by atoms with van der Waals surface area (Å²) in [5.74, 6) is 0.752. The summed E-state index contributed by atoms with van der Waals surface area (Å²) in [7, 11) is 0. The van der Waals surface area contributed by atoms with Crippen LogP contribution >= 0.6 is 0 Å². The zero-order valence-electron chi connectivity index (χ0n) is 8.49. The molecule has 4 heteroatoms. The lowest BCUT2D eigenvalue weighted by molar-refractivity contribution is 0.318. The second-order valence-electron chi connectivity index (χ2n) is 3.26. The van der Waals surface area contributed by atoms with Crippen molar-refractivity contribution in [3.05, 3.63) is 34.9 Å². The summed E-state index contributed by atoms with van der Waals surface area (Å²) in [6.07, 6.45) is 2.36. The lowest BCUT2D eigenvalue weighted by atomic mass is 10.2. The number of benzene rings is 1. The van der Waals surface area contributed by atoms with Gasteiger partial charge in [0.2, 0.25) is 0 Å². The summed E-state index contributed by atoms with van der Waals surface area (Å²) in [4.78, 5) is 18.0. The first-order valence-electron chi connectivity index (χ1n) is 4.91. The van der Waals surface area contributed by atoms with E-state index in [0.29, 0.717) is 17.5 Å². The molecule has 15 heavy (non-hydrogen) atoms.